The molecule has 1 aromatic heterocycles. The van der Waals surface area contributed by atoms with Gasteiger partial charge in [-0.3, -0.25) is 19.2 Å². The molecule has 7 heteroatoms. The van der Waals surface area contributed by atoms with Crippen LogP contribution in [-0.2, 0) is 11.3 Å². The molecule has 0 aliphatic rings. The Bertz CT molecular complexity index is 667. The van der Waals surface area contributed by atoms with Crippen LogP contribution in [-0.4, -0.2) is 38.5 Å². The molecule has 0 spiro atoms. The van der Waals surface area contributed by atoms with E-state index in [0.29, 0.717) is 18.2 Å². The van der Waals surface area contributed by atoms with Crippen LogP contribution in [0.2, 0.25) is 0 Å². The van der Waals surface area contributed by atoms with Gasteiger partial charge in [-0.2, -0.15) is 0 Å². The molecule has 0 radical (unpaired) electrons. The van der Waals surface area contributed by atoms with Gasteiger partial charge in [-0.15, -0.1) is 5.10 Å². The van der Waals surface area contributed by atoms with E-state index >= 15 is 0 Å². The number of carbonyl (C=O) groups excluding carboxylic acids is 1. The van der Waals surface area contributed by atoms with Crippen molar-refractivity contribution in [1.29, 1.82) is 0 Å². The van der Waals surface area contributed by atoms with E-state index in [-0.39, 0.29) is 5.69 Å². The van der Waals surface area contributed by atoms with Gasteiger partial charge in [0.1, 0.15) is 6.54 Å². The number of benzene rings is 1. The average molecular weight is 316 g/mol. The van der Waals surface area contributed by atoms with E-state index < -0.39 is 18.4 Å². The van der Waals surface area contributed by atoms with Crippen molar-refractivity contribution in [3.05, 3.63) is 42.2 Å². The van der Waals surface area contributed by atoms with Crippen molar-refractivity contribution < 1.29 is 14.7 Å². The van der Waals surface area contributed by atoms with Crippen molar-refractivity contribution in [3.8, 4) is 0 Å². The maximum absolute atomic E-state index is 12.6. The van der Waals surface area contributed by atoms with Crippen molar-refractivity contribution >= 4 is 17.6 Å². The topological polar surface area (TPSA) is 88.3 Å². The monoisotopic (exact) mass is 316 g/mol. The number of anilines is 1. The molecule has 0 unspecified atom stereocenters. The third kappa shape index (κ3) is 4.64. The van der Waals surface area contributed by atoms with Crippen molar-refractivity contribution in [3.63, 3.8) is 0 Å². The van der Waals surface area contributed by atoms with Gasteiger partial charge in [0.25, 0.3) is 5.91 Å². The van der Waals surface area contributed by atoms with Gasteiger partial charge >= 0.3 is 5.97 Å². The summed E-state index contributed by atoms with van der Waals surface area (Å²) in [5.74, 6) is -1.05. The van der Waals surface area contributed by atoms with Crippen LogP contribution in [0.5, 0.6) is 0 Å². The minimum absolute atomic E-state index is 0.138. The number of carboxylic acid groups (broad SMARTS) is 1. The summed E-state index contributed by atoms with van der Waals surface area (Å²) < 4.78 is 1.61. The fourth-order valence-electron chi connectivity index (χ4n) is 2.06. The fourth-order valence-corrected chi connectivity index (χ4v) is 2.06. The van der Waals surface area contributed by atoms with E-state index in [4.69, 9.17) is 5.11 Å². The molecule has 7 nitrogen and oxygen atoms in total. The van der Waals surface area contributed by atoms with E-state index in [1.807, 2.05) is 0 Å². The number of rotatable bonds is 7. The molecular weight excluding hydrogens is 296 g/mol. The quantitative estimate of drug-likeness (QED) is 0.844. The molecule has 2 rings (SSSR count). The first-order chi connectivity index (χ1) is 11.0. The summed E-state index contributed by atoms with van der Waals surface area (Å²) in [5.41, 5.74) is 0.649. The predicted molar refractivity (Wildman–Crippen MR) is 85.2 cm³/mol. The van der Waals surface area contributed by atoms with Crippen LogP contribution in [0.3, 0.4) is 0 Å². The Hall–Kier alpha value is -2.70. The van der Waals surface area contributed by atoms with Crippen LogP contribution in [0.1, 0.15) is 30.8 Å². The summed E-state index contributed by atoms with van der Waals surface area (Å²) in [6.07, 6.45) is 2.48. The summed E-state index contributed by atoms with van der Waals surface area (Å²) in [6.45, 7) is 4.45. The van der Waals surface area contributed by atoms with Crippen LogP contribution in [0.4, 0.5) is 5.69 Å². The van der Waals surface area contributed by atoms with Crippen molar-refractivity contribution in [2.75, 3.05) is 11.4 Å². The zero-order chi connectivity index (χ0) is 16.8. The molecule has 0 bridgehead atoms. The normalized spacial score (nSPS) is 10.7. The largest absolute Gasteiger partial charge is 0.480 e. The summed E-state index contributed by atoms with van der Waals surface area (Å²) in [6, 6.07) is 8.66. The molecular formula is C16H20N4O3. The molecule has 0 saturated carbocycles. The maximum Gasteiger partial charge on any atom is 0.323 e. The van der Waals surface area contributed by atoms with Gasteiger partial charge in [0.05, 0.1) is 6.20 Å². The Labute approximate surface area is 134 Å². The average Bonchev–Trinajstić information content (AvgIpc) is 2.99. The molecule has 2 aromatic rings. The summed E-state index contributed by atoms with van der Waals surface area (Å²) in [7, 11) is 0. The Kier molecular flexibility index (Phi) is 5.46. The van der Waals surface area contributed by atoms with Crippen LogP contribution < -0.4 is 4.90 Å². The number of carbonyl (C=O) groups is 2. The zero-order valence-electron chi connectivity index (χ0n) is 13.2. The van der Waals surface area contributed by atoms with Gasteiger partial charge in [0, 0.05) is 12.2 Å². The molecule has 1 N–H and O–H groups in total. The molecule has 1 heterocycles. The number of para-hydroxylation sites is 1. The Morgan fingerprint density at radius 3 is 2.57 bits per heavy atom. The molecule has 0 aliphatic heterocycles. The number of aromatic nitrogens is 3. The van der Waals surface area contributed by atoms with E-state index in [0.717, 1.165) is 6.42 Å². The lowest BCUT2D eigenvalue weighted by atomic mass is 10.1. The second-order valence-electron chi connectivity index (χ2n) is 5.67. The number of hydrogen-bond acceptors (Lipinski definition) is 4. The zero-order valence-corrected chi connectivity index (χ0v) is 13.2. The number of aliphatic carboxylic acids is 1. The van der Waals surface area contributed by atoms with Gasteiger partial charge in [0.2, 0.25) is 0 Å². The summed E-state index contributed by atoms with van der Waals surface area (Å²) in [5, 5.41) is 16.9. The molecule has 122 valence electrons. The number of aryl methyl sites for hydroxylation is 1. The third-order valence-electron chi connectivity index (χ3n) is 3.30. The predicted octanol–water partition coefficient (Wildman–Crippen LogP) is 2.06. The first kappa shape index (κ1) is 16.7. The highest BCUT2D eigenvalue weighted by atomic mass is 16.4. The molecule has 0 atom stereocenters. The highest BCUT2D eigenvalue weighted by molar-refractivity contribution is 6.06. The second kappa shape index (κ2) is 7.53. The molecule has 0 fully saturated rings. The van der Waals surface area contributed by atoms with E-state index in [9.17, 15) is 9.59 Å². The van der Waals surface area contributed by atoms with Crippen LogP contribution >= 0.6 is 0 Å². The van der Waals surface area contributed by atoms with Gasteiger partial charge < -0.3 is 5.11 Å². The minimum atomic E-state index is -1.09. The van der Waals surface area contributed by atoms with E-state index in [1.54, 1.807) is 41.2 Å². The molecule has 23 heavy (non-hydrogen) atoms. The number of hydrogen-bond donors (Lipinski definition) is 1. The third-order valence-corrected chi connectivity index (χ3v) is 3.30. The van der Waals surface area contributed by atoms with Crippen LogP contribution in [0, 0.1) is 5.92 Å². The highest BCUT2D eigenvalue weighted by Gasteiger charge is 2.23. The first-order valence-corrected chi connectivity index (χ1v) is 7.46. The molecule has 0 saturated heterocycles. The van der Waals surface area contributed by atoms with Crippen LogP contribution in [0.15, 0.2) is 36.5 Å². The molecule has 1 amide bonds. The van der Waals surface area contributed by atoms with Crippen LogP contribution in [0.25, 0.3) is 0 Å². The van der Waals surface area contributed by atoms with Crippen molar-refractivity contribution in [2.24, 2.45) is 5.92 Å². The van der Waals surface area contributed by atoms with Crippen molar-refractivity contribution in [2.45, 2.75) is 26.8 Å². The van der Waals surface area contributed by atoms with Gasteiger partial charge in [-0.05, 0) is 24.5 Å². The summed E-state index contributed by atoms with van der Waals surface area (Å²) >= 11 is 0. The van der Waals surface area contributed by atoms with Crippen molar-refractivity contribution in [1.82, 2.24) is 15.0 Å². The van der Waals surface area contributed by atoms with Gasteiger partial charge in [-0.1, -0.05) is 37.3 Å². The lowest BCUT2D eigenvalue weighted by Gasteiger charge is -2.19. The Balaban J connectivity index is 2.19. The van der Waals surface area contributed by atoms with Gasteiger partial charge in [-0.25, -0.2) is 0 Å². The smallest absolute Gasteiger partial charge is 0.323 e. The molecule has 1 aromatic carbocycles. The second-order valence-corrected chi connectivity index (χ2v) is 5.67. The minimum Gasteiger partial charge on any atom is -0.480 e. The first-order valence-electron chi connectivity index (χ1n) is 7.46. The lowest BCUT2D eigenvalue weighted by Crippen LogP contribution is -2.36. The standard InChI is InChI=1S/C16H20N4O3/c1-12(2)8-9-19-10-14(17-18-19)16(23)20(11-15(21)22)13-6-4-3-5-7-13/h3-7,10,12H,8-9,11H2,1-2H3,(H,21,22). The fraction of sp³-hybridized carbons (Fsp3) is 0.375. The van der Waals surface area contributed by atoms with E-state index in [2.05, 4.69) is 24.2 Å². The van der Waals surface area contributed by atoms with E-state index in [1.165, 1.54) is 4.90 Å². The Morgan fingerprint density at radius 1 is 1.26 bits per heavy atom. The van der Waals surface area contributed by atoms with Gasteiger partial charge in [0.15, 0.2) is 5.69 Å². The number of nitrogens with zero attached hydrogens (tertiary/aromatic N) is 4. The maximum atomic E-state index is 12.6. The Morgan fingerprint density at radius 2 is 1.96 bits per heavy atom. The number of amides is 1. The SMILES string of the molecule is CC(C)CCn1cc(C(=O)N(CC(=O)O)c2ccccc2)nn1. The number of carboxylic acids is 1. The molecule has 0 aliphatic carbocycles. The highest BCUT2D eigenvalue weighted by Crippen LogP contribution is 2.16. The summed E-state index contributed by atoms with van der Waals surface area (Å²) in [4.78, 5) is 24.8. The lowest BCUT2D eigenvalue weighted by molar-refractivity contribution is -0.135.